The van der Waals surface area contributed by atoms with Crippen molar-refractivity contribution in [1.82, 2.24) is 20.9 Å². The zero-order valence-electron chi connectivity index (χ0n) is 21.1. The summed E-state index contributed by atoms with van der Waals surface area (Å²) in [5, 5.41) is 26.5. The van der Waals surface area contributed by atoms with E-state index < -0.39 is 60.2 Å². The van der Waals surface area contributed by atoms with Crippen LogP contribution in [-0.4, -0.2) is 69.0 Å². The van der Waals surface area contributed by atoms with E-state index in [0.717, 1.165) is 16.5 Å². The lowest BCUT2D eigenvalue weighted by atomic mass is 10.0. The number of amides is 3. The van der Waals surface area contributed by atoms with E-state index in [1.165, 1.54) is 6.92 Å². The Morgan fingerprint density at radius 1 is 0.919 bits per heavy atom. The average Bonchev–Trinajstić information content (AvgIpc) is 3.23. The van der Waals surface area contributed by atoms with Crippen LogP contribution in [0.25, 0.3) is 10.9 Å². The molecule has 2 aromatic rings. The maximum atomic E-state index is 12.8. The topological polar surface area (TPSA) is 204 Å². The number of hydrogen-bond donors (Lipinski definition) is 7. The molecule has 0 saturated heterocycles. The molecule has 0 saturated carbocycles. The van der Waals surface area contributed by atoms with Gasteiger partial charge in [-0.1, -0.05) is 32.0 Å². The van der Waals surface area contributed by atoms with Crippen LogP contribution in [0, 0.1) is 5.92 Å². The highest BCUT2D eigenvalue weighted by Crippen LogP contribution is 2.18. The van der Waals surface area contributed by atoms with Gasteiger partial charge in [-0.3, -0.25) is 19.2 Å². The fourth-order valence-corrected chi connectivity index (χ4v) is 3.81. The number of carboxylic acid groups (broad SMARTS) is 2. The van der Waals surface area contributed by atoms with Crippen LogP contribution in [0.2, 0.25) is 0 Å². The van der Waals surface area contributed by atoms with Gasteiger partial charge in [0.2, 0.25) is 17.7 Å². The first kappa shape index (κ1) is 29.3. The number of nitrogens with two attached hydrogens (primary N) is 1. The lowest BCUT2D eigenvalue weighted by Crippen LogP contribution is -2.56. The van der Waals surface area contributed by atoms with Gasteiger partial charge in [-0.15, -0.1) is 0 Å². The SMILES string of the molecule is CC(C)CC(NC(=O)C(C)NC(=O)C(N)Cc1c[nH]c2ccccc12)C(=O)NC(CCC(=O)O)C(=O)O. The molecule has 2 rings (SSSR count). The predicted octanol–water partition coefficient (Wildman–Crippen LogP) is 0.508. The van der Waals surface area contributed by atoms with Gasteiger partial charge < -0.3 is 36.9 Å². The number of benzene rings is 1. The Bertz CT molecular complexity index is 1130. The van der Waals surface area contributed by atoms with Crippen molar-refractivity contribution < 1.29 is 34.2 Å². The first-order chi connectivity index (χ1) is 17.4. The highest BCUT2D eigenvalue weighted by Gasteiger charge is 2.29. The Labute approximate surface area is 214 Å². The van der Waals surface area contributed by atoms with E-state index in [0.29, 0.717) is 0 Å². The quantitative estimate of drug-likeness (QED) is 0.188. The van der Waals surface area contributed by atoms with Crippen molar-refractivity contribution >= 4 is 40.6 Å². The Kier molecular flexibility index (Phi) is 10.6. The summed E-state index contributed by atoms with van der Waals surface area (Å²) in [6, 6.07) is 3.14. The fraction of sp³-hybridized carbons (Fsp3) is 0.480. The molecule has 0 aliphatic carbocycles. The van der Waals surface area contributed by atoms with Crippen LogP contribution in [0.3, 0.4) is 0 Å². The van der Waals surface area contributed by atoms with E-state index in [2.05, 4.69) is 20.9 Å². The van der Waals surface area contributed by atoms with Crippen LogP contribution < -0.4 is 21.7 Å². The molecule has 0 radical (unpaired) electrons. The molecule has 12 nitrogen and oxygen atoms in total. The Hall–Kier alpha value is -3.93. The second kappa shape index (κ2) is 13.4. The third kappa shape index (κ3) is 8.90. The van der Waals surface area contributed by atoms with Crippen LogP contribution in [0.1, 0.15) is 45.6 Å². The molecule has 0 bridgehead atoms. The largest absolute Gasteiger partial charge is 0.481 e. The van der Waals surface area contributed by atoms with E-state index in [9.17, 15) is 29.1 Å². The highest BCUT2D eigenvalue weighted by atomic mass is 16.4. The summed E-state index contributed by atoms with van der Waals surface area (Å²) in [7, 11) is 0. The van der Waals surface area contributed by atoms with E-state index in [1.54, 1.807) is 6.20 Å². The summed E-state index contributed by atoms with van der Waals surface area (Å²) in [5.41, 5.74) is 7.86. The number of para-hydroxylation sites is 1. The molecule has 4 atom stereocenters. The number of H-pyrrole nitrogens is 1. The summed E-state index contributed by atoms with van der Waals surface area (Å²) < 4.78 is 0. The lowest BCUT2D eigenvalue weighted by molar-refractivity contribution is -0.143. The maximum Gasteiger partial charge on any atom is 0.326 e. The number of carbonyl (C=O) groups excluding carboxylic acids is 3. The van der Waals surface area contributed by atoms with Gasteiger partial charge in [0.05, 0.1) is 6.04 Å². The molecule has 1 heterocycles. The summed E-state index contributed by atoms with van der Waals surface area (Å²) in [4.78, 5) is 63.5. The standard InChI is InChI=1S/C25H35N5O7/c1-13(2)10-20(24(35)29-19(25(36)37)8-9-21(31)32)30-22(33)14(3)28-23(34)17(26)11-15-12-27-18-7-5-4-6-16(15)18/h4-7,12-14,17,19-20,27H,8-11,26H2,1-3H3,(H,28,34)(H,29,35)(H,30,33)(H,31,32)(H,36,37). The second-order valence-electron chi connectivity index (χ2n) is 9.42. The first-order valence-corrected chi connectivity index (χ1v) is 12.0. The number of hydrogen-bond acceptors (Lipinski definition) is 6. The van der Waals surface area contributed by atoms with Crippen molar-refractivity contribution in [2.45, 2.75) is 70.6 Å². The maximum absolute atomic E-state index is 12.8. The van der Waals surface area contributed by atoms with Crippen LogP contribution in [-0.2, 0) is 30.4 Å². The summed E-state index contributed by atoms with van der Waals surface area (Å²) in [5.74, 6) is -4.56. The molecule has 12 heteroatoms. The molecule has 8 N–H and O–H groups in total. The normalized spacial score (nSPS) is 14.4. The van der Waals surface area contributed by atoms with Gasteiger partial charge in [0.25, 0.3) is 0 Å². The zero-order chi connectivity index (χ0) is 27.7. The molecule has 1 aromatic heterocycles. The molecule has 0 fully saturated rings. The molecule has 1 aromatic carbocycles. The monoisotopic (exact) mass is 517 g/mol. The molecular formula is C25H35N5O7. The van der Waals surface area contributed by atoms with Gasteiger partial charge in [0.15, 0.2) is 0 Å². The predicted molar refractivity (Wildman–Crippen MR) is 135 cm³/mol. The van der Waals surface area contributed by atoms with Gasteiger partial charge in [-0.2, -0.15) is 0 Å². The fourth-order valence-electron chi connectivity index (χ4n) is 3.81. The molecule has 202 valence electrons. The number of aromatic nitrogens is 1. The summed E-state index contributed by atoms with van der Waals surface area (Å²) >= 11 is 0. The summed E-state index contributed by atoms with van der Waals surface area (Å²) in [6.45, 7) is 5.09. The average molecular weight is 518 g/mol. The van der Waals surface area contributed by atoms with Crippen LogP contribution in [0.4, 0.5) is 0 Å². The van der Waals surface area contributed by atoms with Gasteiger partial charge in [0.1, 0.15) is 18.1 Å². The molecule has 3 amide bonds. The molecule has 0 spiro atoms. The molecular weight excluding hydrogens is 482 g/mol. The minimum atomic E-state index is -1.42. The smallest absolute Gasteiger partial charge is 0.326 e. The van der Waals surface area contributed by atoms with Crippen molar-refractivity contribution in [1.29, 1.82) is 0 Å². The number of fused-ring (bicyclic) bond motifs is 1. The number of rotatable bonds is 14. The van der Waals surface area contributed by atoms with Gasteiger partial charge in [-0.05, 0) is 43.7 Å². The number of nitrogens with one attached hydrogen (secondary N) is 4. The minimum Gasteiger partial charge on any atom is -0.481 e. The Morgan fingerprint density at radius 3 is 2.19 bits per heavy atom. The van der Waals surface area contributed by atoms with Crippen molar-refractivity contribution in [3.8, 4) is 0 Å². The second-order valence-corrected chi connectivity index (χ2v) is 9.42. The first-order valence-electron chi connectivity index (χ1n) is 12.0. The number of aliphatic carboxylic acids is 2. The van der Waals surface area contributed by atoms with Crippen molar-refractivity contribution in [2.24, 2.45) is 11.7 Å². The van der Waals surface area contributed by atoms with Crippen LogP contribution in [0.5, 0.6) is 0 Å². The highest BCUT2D eigenvalue weighted by molar-refractivity contribution is 5.94. The van der Waals surface area contributed by atoms with E-state index in [1.807, 2.05) is 38.1 Å². The Morgan fingerprint density at radius 2 is 1.57 bits per heavy atom. The molecule has 4 unspecified atom stereocenters. The molecule has 0 aliphatic heterocycles. The van der Waals surface area contributed by atoms with E-state index in [4.69, 9.17) is 10.8 Å². The van der Waals surface area contributed by atoms with Gasteiger partial charge in [-0.25, -0.2) is 4.79 Å². The lowest BCUT2D eigenvalue weighted by Gasteiger charge is -2.24. The third-order valence-corrected chi connectivity index (χ3v) is 5.81. The molecule has 0 aliphatic rings. The number of carbonyl (C=O) groups is 5. The summed E-state index contributed by atoms with van der Waals surface area (Å²) in [6.07, 6.45) is 1.48. The zero-order valence-corrected chi connectivity index (χ0v) is 21.1. The van der Waals surface area contributed by atoms with Crippen molar-refractivity contribution in [3.63, 3.8) is 0 Å². The number of aromatic amines is 1. The van der Waals surface area contributed by atoms with Crippen molar-refractivity contribution in [2.75, 3.05) is 0 Å². The molecule has 37 heavy (non-hydrogen) atoms. The van der Waals surface area contributed by atoms with Gasteiger partial charge in [0, 0.05) is 23.5 Å². The van der Waals surface area contributed by atoms with E-state index >= 15 is 0 Å². The van der Waals surface area contributed by atoms with E-state index in [-0.39, 0.29) is 25.2 Å². The third-order valence-electron chi connectivity index (χ3n) is 5.81. The van der Waals surface area contributed by atoms with Gasteiger partial charge >= 0.3 is 11.9 Å². The number of carboxylic acids is 2. The minimum absolute atomic E-state index is 0.0344. The van der Waals surface area contributed by atoms with Crippen molar-refractivity contribution in [3.05, 3.63) is 36.0 Å². The van der Waals surface area contributed by atoms with Crippen LogP contribution in [0.15, 0.2) is 30.5 Å². The van der Waals surface area contributed by atoms with Crippen LogP contribution >= 0.6 is 0 Å². The Balaban J connectivity index is 1.98.